The molecule has 0 N–H and O–H groups in total. The molecular weight excluding hydrogens is 379 g/mol. The zero-order chi connectivity index (χ0) is 12.2. The molecule has 0 aliphatic rings. The van der Waals surface area contributed by atoms with E-state index in [4.69, 9.17) is 0 Å². The molecule has 0 spiro atoms. The van der Waals surface area contributed by atoms with Crippen LogP contribution in [0.25, 0.3) is 0 Å². The van der Waals surface area contributed by atoms with E-state index in [-0.39, 0.29) is 23.1 Å². The molecule has 0 aliphatic carbocycles. The van der Waals surface area contributed by atoms with Crippen molar-refractivity contribution in [3.8, 4) is 0 Å². The molecule has 88 valence electrons. The van der Waals surface area contributed by atoms with Crippen LogP contribution >= 0.6 is 0 Å². The van der Waals surface area contributed by atoms with E-state index in [0.29, 0.717) is 0 Å². The summed E-state index contributed by atoms with van der Waals surface area (Å²) in [4.78, 5) is 44.6. The summed E-state index contributed by atoms with van der Waals surface area (Å²) >= 11 is -1.08. The summed E-state index contributed by atoms with van der Waals surface area (Å²) in [6.45, 7) is 5.29. The second-order valence-corrected chi connectivity index (χ2v) is 6.58. The summed E-state index contributed by atoms with van der Waals surface area (Å²) < 4.78 is -1.44. The Morgan fingerprint density at radius 2 is 0.867 bits per heavy atom. The molecule has 0 unspecified atom stereocenters. The zero-order valence-electron chi connectivity index (χ0n) is 9.10. The van der Waals surface area contributed by atoms with Crippen molar-refractivity contribution >= 4 is 23.1 Å². The first kappa shape index (κ1) is 14.4. The van der Waals surface area contributed by atoms with E-state index in [1.807, 2.05) is 0 Å². The first-order valence-electron chi connectivity index (χ1n) is 4.34. The van der Waals surface area contributed by atoms with Crippen LogP contribution in [0, 0.1) is 0 Å². The minimum absolute atomic E-state index is 0.247. The van der Waals surface area contributed by atoms with Gasteiger partial charge >= 0.3 is 97.2 Å². The van der Waals surface area contributed by atoms with Crippen LogP contribution in [0.4, 0.5) is 0 Å². The maximum absolute atomic E-state index is 11.2. The number of hydrogen-bond donors (Lipinski definition) is 0. The number of carbonyl (C=O) groups excluding carboxylic acids is 4. The van der Waals surface area contributed by atoms with Gasteiger partial charge in [-0.1, -0.05) is 0 Å². The van der Waals surface area contributed by atoms with Crippen LogP contribution in [0.3, 0.4) is 0 Å². The predicted molar refractivity (Wildman–Crippen MR) is 50.2 cm³/mol. The Bertz CT molecular complexity index is 251. The average molecular weight is 393 g/mol. The van der Waals surface area contributed by atoms with Gasteiger partial charge in [0.1, 0.15) is 0 Å². The fraction of sp³-hybridized carbons (Fsp3) is 0.600. The van der Waals surface area contributed by atoms with Gasteiger partial charge in [-0.05, 0) is 0 Å². The molecule has 4 nitrogen and oxygen atoms in total. The molecule has 0 atom stereocenters. The van der Waals surface area contributed by atoms with Crippen molar-refractivity contribution in [2.24, 2.45) is 0 Å². The maximum atomic E-state index is 11.2. The summed E-state index contributed by atoms with van der Waals surface area (Å²) in [7, 11) is 0. The molecule has 5 heteroatoms. The van der Waals surface area contributed by atoms with Crippen molar-refractivity contribution in [2.75, 3.05) is 0 Å². The van der Waals surface area contributed by atoms with Crippen LogP contribution in [0.15, 0.2) is 0 Å². The van der Waals surface area contributed by atoms with Gasteiger partial charge in [-0.25, -0.2) is 0 Å². The molecule has 0 amide bonds. The molecule has 0 aliphatic heterocycles. The summed E-state index contributed by atoms with van der Waals surface area (Å²) in [5.74, 6) is -0.988. The Kier molecular flexibility index (Phi) is 5.81. The van der Waals surface area contributed by atoms with Crippen molar-refractivity contribution in [2.45, 2.75) is 36.3 Å². The topological polar surface area (TPSA) is 68.3 Å². The molecule has 0 saturated carbocycles. The Morgan fingerprint density at radius 3 is 1.00 bits per heavy atom. The van der Waals surface area contributed by atoms with E-state index >= 15 is 0 Å². The number of rotatable bonds is 6. The Labute approximate surface area is 97.3 Å². The first-order valence-corrected chi connectivity index (χ1v) is 6.96. The molecule has 0 heterocycles. The van der Waals surface area contributed by atoms with Crippen molar-refractivity contribution < 1.29 is 37.7 Å². The third-order valence-electron chi connectivity index (χ3n) is 1.54. The average Bonchev–Trinajstić information content (AvgIpc) is 2.01. The van der Waals surface area contributed by atoms with Crippen LogP contribution in [0.1, 0.15) is 27.7 Å². The van der Waals surface area contributed by atoms with Crippen molar-refractivity contribution in [3.63, 3.8) is 0 Å². The minimum atomic E-state index is -1.08. The third-order valence-corrected chi connectivity index (χ3v) is 6.75. The summed E-state index contributed by atoms with van der Waals surface area (Å²) in [5.41, 5.74) is 0. The van der Waals surface area contributed by atoms with E-state index in [2.05, 4.69) is 0 Å². The van der Waals surface area contributed by atoms with E-state index in [0.717, 1.165) is 0 Å². The Morgan fingerprint density at radius 1 is 0.667 bits per heavy atom. The first-order chi connectivity index (χ1) is 6.77. The van der Waals surface area contributed by atoms with Gasteiger partial charge < -0.3 is 0 Å². The molecule has 0 fully saturated rings. The molecule has 0 bridgehead atoms. The van der Waals surface area contributed by atoms with E-state index < -0.39 is 27.2 Å². The number of hydrogen-bond acceptors (Lipinski definition) is 4. The molecule has 0 aromatic rings. The summed E-state index contributed by atoms with van der Waals surface area (Å²) in [5, 5.41) is 0. The Hall–Kier alpha value is -0.632. The van der Waals surface area contributed by atoms with Gasteiger partial charge in [-0.3, -0.25) is 0 Å². The summed E-state index contributed by atoms with van der Waals surface area (Å²) in [6.07, 6.45) is 0. The molecule has 0 rings (SSSR count). The van der Waals surface area contributed by atoms with Gasteiger partial charge in [0.05, 0.1) is 0 Å². The van der Waals surface area contributed by atoms with E-state index in [1.54, 1.807) is 0 Å². The fourth-order valence-corrected chi connectivity index (χ4v) is 3.87. The molecule has 0 saturated heterocycles. The monoisotopic (exact) mass is 393 g/mol. The molecular formula is C10H14O4Pt. The zero-order valence-corrected chi connectivity index (χ0v) is 11.4. The number of carbonyl (C=O) groups is 4. The third kappa shape index (κ3) is 4.61. The second kappa shape index (κ2) is 6.06. The van der Waals surface area contributed by atoms with Crippen LogP contribution in [-0.2, 0) is 37.7 Å². The van der Waals surface area contributed by atoms with E-state index in [9.17, 15) is 19.2 Å². The van der Waals surface area contributed by atoms with Crippen molar-refractivity contribution in [3.05, 3.63) is 0 Å². The predicted octanol–water partition coefficient (Wildman–Crippen LogP) is 1.00. The van der Waals surface area contributed by atoms with Gasteiger partial charge in [-0.2, -0.15) is 0 Å². The summed E-state index contributed by atoms with van der Waals surface area (Å²) in [6, 6.07) is 0. The quantitative estimate of drug-likeness (QED) is 0.632. The molecule has 0 radical (unpaired) electrons. The fourth-order valence-electron chi connectivity index (χ4n) is 0.975. The van der Waals surface area contributed by atoms with Gasteiger partial charge in [-0.15, -0.1) is 0 Å². The van der Waals surface area contributed by atoms with Crippen LogP contribution < -0.4 is 0 Å². The van der Waals surface area contributed by atoms with Crippen molar-refractivity contribution in [1.29, 1.82) is 0 Å². The van der Waals surface area contributed by atoms with Crippen molar-refractivity contribution in [1.82, 2.24) is 0 Å². The van der Waals surface area contributed by atoms with Crippen LogP contribution in [-0.4, -0.2) is 23.1 Å². The standard InChI is InChI=1S/2C5H7O2.Pt/c2*1-4(6)3-5(2)7;/h2*3H,1-2H3;. The van der Waals surface area contributed by atoms with Gasteiger partial charge in [0.2, 0.25) is 0 Å². The number of ketones is 4. The van der Waals surface area contributed by atoms with E-state index in [1.165, 1.54) is 27.7 Å². The SMILES string of the molecule is CC(=O)[CH]([Pt][CH](C(C)=O)C(C)=O)C(C)=O. The van der Waals surface area contributed by atoms with Crippen LogP contribution in [0.2, 0.25) is 8.62 Å². The molecule has 0 aromatic carbocycles. The van der Waals surface area contributed by atoms with Gasteiger partial charge in [0.15, 0.2) is 0 Å². The van der Waals surface area contributed by atoms with Gasteiger partial charge in [0, 0.05) is 0 Å². The molecule has 0 aromatic heterocycles. The second-order valence-electron chi connectivity index (χ2n) is 3.20. The normalized spacial score (nSPS) is 10.8. The van der Waals surface area contributed by atoms with Crippen LogP contribution in [0.5, 0.6) is 0 Å². The molecule has 15 heavy (non-hydrogen) atoms. The Balaban J connectivity index is 4.77. The number of Topliss-reactive ketones (excluding diaryl/α,β-unsaturated/α-hetero) is 4. The van der Waals surface area contributed by atoms with Gasteiger partial charge in [0.25, 0.3) is 0 Å².